The number of hydrogen-bond donors (Lipinski definition) is 1. The minimum Gasteiger partial charge on any atom is -0.295 e. The molecule has 0 bridgehead atoms. The van der Waals surface area contributed by atoms with E-state index in [1.807, 2.05) is 0 Å². The first-order valence-electron chi connectivity index (χ1n) is 6.17. The Labute approximate surface area is 125 Å². The molecule has 0 spiro atoms. The highest BCUT2D eigenvalue weighted by Crippen LogP contribution is 2.16. The Kier molecular flexibility index (Phi) is 4.97. The lowest BCUT2D eigenvalue weighted by Crippen LogP contribution is -2.43. The van der Waals surface area contributed by atoms with Gasteiger partial charge in [0.25, 0.3) is 0 Å². The third-order valence-electron chi connectivity index (χ3n) is 3.26. The maximum atomic E-state index is 12.1. The molecule has 0 unspecified atom stereocenters. The van der Waals surface area contributed by atoms with E-state index >= 15 is 0 Å². The summed E-state index contributed by atoms with van der Waals surface area (Å²) in [6.45, 7) is 4.05. The van der Waals surface area contributed by atoms with Crippen LogP contribution in [0.15, 0.2) is 29.2 Å². The monoisotopic (exact) mass is 333 g/mol. The second kappa shape index (κ2) is 5.86. The van der Waals surface area contributed by atoms with Gasteiger partial charge in [-0.05, 0) is 32.9 Å². The standard InChI is InChI=1S/C13H19NO5S2/c1-10(15)11-5-7-12(8-6-11)21(18,19)14-9-13(2,3)20(4,16)17/h5-8,14H,9H2,1-4H3. The lowest BCUT2D eigenvalue weighted by atomic mass is 10.2. The van der Waals surface area contributed by atoms with E-state index < -0.39 is 24.6 Å². The number of carbonyl (C=O) groups excluding carboxylic acids is 1. The van der Waals surface area contributed by atoms with Gasteiger partial charge in [0.1, 0.15) is 0 Å². The lowest BCUT2D eigenvalue weighted by Gasteiger charge is -2.22. The Morgan fingerprint density at radius 1 is 1.10 bits per heavy atom. The van der Waals surface area contributed by atoms with Crippen LogP contribution in [0.2, 0.25) is 0 Å². The molecule has 0 fully saturated rings. The highest BCUT2D eigenvalue weighted by molar-refractivity contribution is 7.92. The predicted molar refractivity (Wildman–Crippen MR) is 80.6 cm³/mol. The summed E-state index contributed by atoms with van der Waals surface area (Å²) < 4.78 is 48.4. The summed E-state index contributed by atoms with van der Waals surface area (Å²) in [4.78, 5) is 11.1. The molecule has 0 amide bonds. The van der Waals surface area contributed by atoms with Crippen LogP contribution in [0.5, 0.6) is 0 Å². The zero-order chi connectivity index (χ0) is 16.5. The van der Waals surface area contributed by atoms with Crippen LogP contribution in [0.4, 0.5) is 0 Å². The first-order chi connectivity index (χ1) is 9.37. The normalized spacial score (nSPS) is 13.1. The molecule has 1 N–H and O–H groups in total. The number of hydrogen-bond acceptors (Lipinski definition) is 5. The summed E-state index contributed by atoms with van der Waals surface area (Å²) in [7, 11) is -7.22. The number of sulfone groups is 1. The fourth-order valence-corrected chi connectivity index (χ4v) is 2.99. The van der Waals surface area contributed by atoms with E-state index in [4.69, 9.17) is 0 Å². The molecule has 0 aromatic heterocycles. The highest BCUT2D eigenvalue weighted by atomic mass is 32.2. The molecule has 8 heteroatoms. The van der Waals surface area contributed by atoms with Crippen LogP contribution in [0, 0.1) is 0 Å². The largest absolute Gasteiger partial charge is 0.295 e. The smallest absolute Gasteiger partial charge is 0.240 e. The molecule has 1 aromatic carbocycles. The van der Waals surface area contributed by atoms with Gasteiger partial charge in [0, 0.05) is 18.4 Å². The zero-order valence-electron chi connectivity index (χ0n) is 12.4. The summed E-state index contributed by atoms with van der Waals surface area (Å²) in [6, 6.07) is 5.45. The van der Waals surface area contributed by atoms with E-state index in [1.165, 1.54) is 45.0 Å². The third-order valence-corrected chi connectivity index (χ3v) is 6.83. The Bertz CT molecular complexity index is 731. The van der Waals surface area contributed by atoms with Gasteiger partial charge in [-0.2, -0.15) is 0 Å². The van der Waals surface area contributed by atoms with E-state index in [2.05, 4.69) is 4.72 Å². The molecule has 0 aliphatic carbocycles. The van der Waals surface area contributed by atoms with Gasteiger partial charge < -0.3 is 0 Å². The predicted octanol–water partition coefficient (Wildman–Crippen LogP) is 0.991. The van der Waals surface area contributed by atoms with Crippen molar-refractivity contribution in [2.24, 2.45) is 0 Å². The van der Waals surface area contributed by atoms with Crippen LogP contribution in [0.3, 0.4) is 0 Å². The molecule has 1 aromatic rings. The first kappa shape index (κ1) is 17.8. The second-order valence-electron chi connectivity index (χ2n) is 5.44. The Morgan fingerprint density at radius 3 is 1.95 bits per heavy atom. The van der Waals surface area contributed by atoms with Crippen molar-refractivity contribution in [3.05, 3.63) is 29.8 Å². The highest BCUT2D eigenvalue weighted by Gasteiger charge is 2.31. The van der Waals surface area contributed by atoms with E-state index in [-0.39, 0.29) is 17.2 Å². The van der Waals surface area contributed by atoms with Crippen molar-refractivity contribution in [3.8, 4) is 0 Å². The minimum absolute atomic E-state index is 0.0169. The second-order valence-corrected chi connectivity index (χ2v) is 9.85. The van der Waals surface area contributed by atoms with Gasteiger partial charge in [-0.25, -0.2) is 21.6 Å². The van der Waals surface area contributed by atoms with Gasteiger partial charge in [-0.15, -0.1) is 0 Å². The zero-order valence-corrected chi connectivity index (χ0v) is 14.0. The minimum atomic E-state index is -3.82. The van der Waals surface area contributed by atoms with Crippen molar-refractivity contribution in [2.75, 3.05) is 12.8 Å². The van der Waals surface area contributed by atoms with Crippen LogP contribution >= 0.6 is 0 Å². The number of rotatable bonds is 6. The summed E-state index contributed by atoms with van der Waals surface area (Å²) in [5.74, 6) is -0.162. The quantitative estimate of drug-likeness (QED) is 0.783. The fourth-order valence-electron chi connectivity index (χ4n) is 1.35. The number of Topliss-reactive ketones (excluding diaryl/α,β-unsaturated/α-hetero) is 1. The summed E-state index contributed by atoms with van der Waals surface area (Å²) in [5, 5.41) is 0. The van der Waals surface area contributed by atoms with E-state index in [0.717, 1.165) is 6.26 Å². The average molecular weight is 333 g/mol. The van der Waals surface area contributed by atoms with E-state index in [1.54, 1.807) is 0 Å². The Hall–Kier alpha value is -1.25. The van der Waals surface area contributed by atoms with Crippen LogP contribution < -0.4 is 4.72 Å². The van der Waals surface area contributed by atoms with E-state index in [0.29, 0.717) is 5.56 Å². The Balaban J connectivity index is 2.95. The average Bonchev–Trinajstić information content (AvgIpc) is 2.35. The van der Waals surface area contributed by atoms with Gasteiger partial charge in [0.2, 0.25) is 10.0 Å². The number of sulfonamides is 1. The van der Waals surface area contributed by atoms with Crippen LogP contribution in [-0.4, -0.2) is 40.2 Å². The molecule has 0 atom stereocenters. The number of carbonyl (C=O) groups is 1. The number of ketones is 1. The number of nitrogens with one attached hydrogen (secondary N) is 1. The van der Waals surface area contributed by atoms with Gasteiger partial charge in [0.05, 0.1) is 9.64 Å². The summed E-state index contributed by atoms with van der Waals surface area (Å²) in [5.41, 5.74) is 0.408. The fraction of sp³-hybridized carbons (Fsp3) is 0.462. The van der Waals surface area contributed by atoms with Gasteiger partial charge >= 0.3 is 0 Å². The van der Waals surface area contributed by atoms with Gasteiger partial charge in [-0.3, -0.25) is 4.79 Å². The third kappa shape index (κ3) is 4.36. The molecule has 0 aliphatic heterocycles. The van der Waals surface area contributed by atoms with Crippen LogP contribution in [0.1, 0.15) is 31.1 Å². The molecule has 6 nitrogen and oxygen atoms in total. The molecule has 21 heavy (non-hydrogen) atoms. The molecule has 0 saturated heterocycles. The SMILES string of the molecule is CC(=O)c1ccc(S(=O)(=O)NCC(C)(C)S(C)(=O)=O)cc1. The van der Waals surface area contributed by atoms with Crippen molar-refractivity contribution < 1.29 is 21.6 Å². The molecule has 0 saturated carbocycles. The molecule has 118 valence electrons. The van der Waals surface area contributed by atoms with Crippen LogP contribution in [-0.2, 0) is 19.9 Å². The van der Waals surface area contributed by atoms with Crippen molar-refractivity contribution in [1.29, 1.82) is 0 Å². The van der Waals surface area contributed by atoms with Crippen molar-refractivity contribution >= 4 is 25.6 Å². The lowest BCUT2D eigenvalue weighted by molar-refractivity contribution is 0.101. The Morgan fingerprint density at radius 2 is 1.57 bits per heavy atom. The van der Waals surface area contributed by atoms with Crippen molar-refractivity contribution in [2.45, 2.75) is 30.4 Å². The molecule has 0 aliphatic rings. The van der Waals surface area contributed by atoms with Crippen molar-refractivity contribution in [1.82, 2.24) is 4.72 Å². The molecule has 1 rings (SSSR count). The molecular weight excluding hydrogens is 314 g/mol. The van der Waals surface area contributed by atoms with E-state index in [9.17, 15) is 21.6 Å². The van der Waals surface area contributed by atoms with Gasteiger partial charge in [0.15, 0.2) is 15.6 Å². The molecular formula is C13H19NO5S2. The maximum absolute atomic E-state index is 12.1. The molecule has 0 heterocycles. The number of benzene rings is 1. The van der Waals surface area contributed by atoms with Crippen LogP contribution in [0.25, 0.3) is 0 Å². The summed E-state index contributed by atoms with van der Waals surface area (Å²) in [6.07, 6.45) is 1.06. The summed E-state index contributed by atoms with van der Waals surface area (Å²) >= 11 is 0. The van der Waals surface area contributed by atoms with Gasteiger partial charge in [-0.1, -0.05) is 12.1 Å². The molecule has 0 radical (unpaired) electrons. The maximum Gasteiger partial charge on any atom is 0.240 e. The van der Waals surface area contributed by atoms with Crippen molar-refractivity contribution in [3.63, 3.8) is 0 Å². The topological polar surface area (TPSA) is 97.4 Å². The first-order valence-corrected chi connectivity index (χ1v) is 9.54.